The first kappa shape index (κ1) is 8.47. The van der Waals surface area contributed by atoms with Crippen molar-refractivity contribution in [3.8, 4) is 0 Å². The van der Waals surface area contributed by atoms with Crippen molar-refractivity contribution in [1.29, 1.82) is 0 Å². The van der Waals surface area contributed by atoms with E-state index in [9.17, 15) is 4.57 Å². The Bertz CT molecular complexity index is 285. The molecule has 3 nitrogen and oxygen atoms in total. The molecule has 0 aliphatic heterocycles. The van der Waals surface area contributed by atoms with Crippen LogP contribution in [0.15, 0.2) is 24.3 Å². The van der Waals surface area contributed by atoms with E-state index in [1.165, 1.54) is 12.1 Å². The van der Waals surface area contributed by atoms with Crippen LogP contribution in [0.1, 0.15) is 5.56 Å². The molecule has 4 heteroatoms. The molecule has 2 N–H and O–H groups in total. The molecule has 1 aromatic carbocycles. The van der Waals surface area contributed by atoms with Gasteiger partial charge in [-0.05, 0) is 19.1 Å². The second-order valence-corrected chi connectivity index (χ2v) is 3.98. The average molecular weight is 172 g/mol. The lowest BCUT2D eigenvalue weighted by Crippen LogP contribution is -2.02. The Morgan fingerprint density at radius 3 is 2.00 bits per heavy atom. The molecule has 0 aliphatic carbocycles. The predicted octanol–water partition coefficient (Wildman–Crippen LogP) is 0.798. The summed E-state index contributed by atoms with van der Waals surface area (Å²) >= 11 is 0. The third kappa shape index (κ3) is 2.15. The lowest BCUT2D eigenvalue weighted by Gasteiger charge is -2.02. The number of rotatable bonds is 1. The largest absolute Gasteiger partial charge is 0.356 e. The van der Waals surface area contributed by atoms with Crippen molar-refractivity contribution in [2.45, 2.75) is 6.92 Å². The van der Waals surface area contributed by atoms with E-state index in [1.54, 1.807) is 12.1 Å². The van der Waals surface area contributed by atoms with Gasteiger partial charge in [0.25, 0.3) is 0 Å². The molecule has 0 fully saturated rings. The van der Waals surface area contributed by atoms with Gasteiger partial charge in [-0.1, -0.05) is 17.7 Å². The Morgan fingerprint density at radius 2 is 1.64 bits per heavy atom. The van der Waals surface area contributed by atoms with Crippen LogP contribution in [0.2, 0.25) is 0 Å². The molecule has 0 heterocycles. The van der Waals surface area contributed by atoms with E-state index in [1.807, 2.05) is 6.92 Å². The molecule has 0 spiro atoms. The van der Waals surface area contributed by atoms with Crippen molar-refractivity contribution in [3.63, 3.8) is 0 Å². The summed E-state index contributed by atoms with van der Waals surface area (Å²) in [6, 6.07) is 6.23. The van der Waals surface area contributed by atoms with Gasteiger partial charge in [-0.3, -0.25) is 4.57 Å². The summed E-state index contributed by atoms with van der Waals surface area (Å²) in [6.45, 7) is 1.86. The Hall–Kier alpha value is -0.630. The van der Waals surface area contributed by atoms with Gasteiger partial charge in [-0.25, -0.2) is 0 Å². The smallest absolute Gasteiger partial charge is 0.321 e. The lowest BCUT2D eigenvalue weighted by atomic mass is 10.2. The molecule has 11 heavy (non-hydrogen) atoms. The highest BCUT2D eigenvalue weighted by Crippen LogP contribution is 2.32. The summed E-state index contributed by atoms with van der Waals surface area (Å²) in [5, 5.41) is 0.0723. The minimum absolute atomic E-state index is 0.0723. The van der Waals surface area contributed by atoms with E-state index >= 15 is 0 Å². The zero-order chi connectivity index (χ0) is 8.48. The third-order valence-electron chi connectivity index (χ3n) is 1.37. The first-order valence-electron chi connectivity index (χ1n) is 3.13. The molecule has 0 amide bonds. The van der Waals surface area contributed by atoms with Gasteiger partial charge in [0.1, 0.15) is 0 Å². The summed E-state index contributed by atoms with van der Waals surface area (Å²) in [7, 11) is -4.04. The average Bonchev–Trinajstić information content (AvgIpc) is 1.86. The van der Waals surface area contributed by atoms with Crippen molar-refractivity contribution in [2.24, 2.45) is 0 Å². The molecule has 0 unspecified atom stereocenters. The van der Waals surface area contributed by atoms with Crippen LogP contribution in [0.3, 0.4) is 0 Å². The molecule has 1 rings (SSSR count). The lowest BCUT2D eigenvalue weighted by molar-refractivity contribution is 0.387. The highest BCUT2D eigenvalue weighted by molar-refractivity contribution is 7.60. The van der Waals surface area contributed by atoms with E-state index in [0.717, 1.165) is 5.56 Å². The number of benzene rings is 1. The summed E-state index contributed by atoms with van der Waals surface area (Å²) < 4.78 is 10.6. The van der Waals surface area contributed by atoms with Crippen LogP contribution < -0.4 is 5.30 Å². The Balaban J connectivity index is 3.09. The molecule has 0 radical (unpaired) electrons. The third-order valence-corrected chi connectivity index (χ3v) is 2.34. The Labute approximate surface area is 64.8 Å². The van der Waals surface area contributed by atoms with E-state index in [-0.39, 0.29) is 5.30 Å². The maximum absolute atomic E-state index is 10.6. The van der Waals surface area contributed by atoms with Crippen molar-refractivity contribution in [2.75, 3.05) is 0 Å². The zero-order valence-corrected chi connectivity index (χ0v) is 6.95. The maximum Gasteiger partial charge on any atom is 0.356 e. The van der Waals surface area contributed by atoms with Crippen LogP contribution in [0.25, 0.3) is 0 Å². The normalized spacial score (nSPS) is 11.5. The van der Waals surface area contributed by atoms with Crippen molar-refractivity contribution in [3.05, 3.63) is 29.8 Å². The van der Waals surface area contributed by atoms with E-state index in [0.29, 0.717) is 0 Å². The van der Waals surface area contributed by atoms with E-state index in [2.05, 4.69) is 0 Å². The summed E-state index contributed by atoms with van der Waals surface area (Å²) in [5.41, 5.74) is 0.988. The predicted molar refractivity (Wildman–Crippen MR) is 42.9 cm³/mol. The van der Waals surface area contributed by atoms with E-state index < -0.39 is 7.60 Å². The van der Waals surface area contributed by atoms with Crippen LogP contribution >= 0.6 is 7.60 Å². The molecule has 1 aromatic rings. The molecular formula is C7H9O3P. The Kier molecular flexibility index (Phi) is 2.14. The minimum atomic E-state index is -4.04. The molecule has 0 atom stereocenters. The van der Waals surface area contributed by atoms with Gasteiger partial charge in [0, 0.05) is 0 Å². The second kappa shape index (κ2) is 2.78. The van der Waals surface area contributed by atoms with Crippen molar-refractivity contribution in [1.82, 2.24) is 0 Å². The summed E-state index contributed by atoms with van der Waals surface area (Å²) in [5.74, 6) is 0. The van der Waals surface area contributed by atoms with Crippen LogP contribution in [-0.2, 0) is 4.57 Å². The van der Waals surface area contributed by atoms with Gasteiger partial charge in [0.15, 0.2) is 0 Å². The van der Waals surface area contributed by atoms with Gasteiger partial charge >= 0.3 is 7.60 Å². The fraction of sp³-hybridized carbons (Fsp3) is 0.143. The second-order valence-electron chi connectivity index (χ2n) is 2.38. The number of aryl methyl sites for hydroxylation is 1. The standard InChI is InChI=1S/C7H9O3P/c1-6-2-4-7(5-3-6)11(8,9)10/h2-5H,1H3,(H2,8,9,10). The number of hydrogen-bond acceptors (Lipinski definition) is 1. The molecule has 0 saturated carbocycles. The fourth-order valence-corrected chi connectivity index (χ4v) is 1.28. The molecule has 0 bridgehead atoms. The molecule has 0 saturated heterocycles. The highest BCUT2D eigenvalue weighted by atomic mass is 31.2. The summed E-state index contributed by atoms with van der Waals surface area (Å²) in [6.07, 6.45) is 0. The first-order chi connectivity index (χ1) is 5.00. The molecule has 0 aliphatic rings. The molecule has 60 valence electrons. The zero-order valence-electron chi connectivity index (χ0n) is 6.06. The van der Waals surface area contributed by atoms with Crippen LogP contribution in [0, 0.1) is 6.92 Å². The molecular weight excluding hydrogens is 163 g/mol. The maximum atomic E-state index is 10.6. The van der Waals surface area contributed by atoms with Crippen molar-refractivity contribution >= 4 is 12.9 Å². The monoisotopic (exact) mass is 172 g/mol. The van der Waals surface area contributed by atoms with Crippen LogP contribution in [0.5, 0.6) is 0 Å². The van der Waals surface area contributed by atoms with Gasteiger partial charge in [-0.15, -0.1) is 0 Å². The number of hydrogen-bond donors (Lipinski definition) is 2. The van der Waals surface area contributed by atoms with E-state index in [4.69, 9.17) is 9.79 Å². The fourth-order valence-electron chi connectivity index (χ4n) is 0.739. The topological polar surface area (TPSA) is 57.5 Å². The van der Waals surface area contributed by atoms with Crippen LogP contribution in [0.4, 0.5) is 0 Å². The van der Waals surface area contributed by atoms with Gasteiger partial charge < -0.3 is 9.79 Å². The van der Waals surface area contributed by atoms with Crippen LogP contribution in [-0.4, -0.2) is 9.79 Å². The van der Waals surface area contributed by atoms with Gasteiger partial charge in [-0.2, -0.15) is 0 Å². The van der Waals surface area contributed by atoms with Gasteiger partial charge in [0.05, 0.1) is 5.30 Å². The van der Waals surface area contributed by atoms with Gasteiger partial charge in [0.2, 0.25) is 0 Å². The SMILES string of the molecule is Cc1ccc(P(=O)(O)O)cc1. The quantitative estimate of drug-likeness (QED) is 0.616. The first-order valence-corrected chi connectivity index (χ1v) is 4.74. The minimum Gasteiger partial charge on any atom is -0.321 e. The summed E-state index contributed by atoms with van der Waals surface area (Å²) in [4.78, 5) is 17.4. The van der Waals surface area contributed by atoms with Crippen molar-refractivity contribution < 1.29 is 14.4 Å². The highest BCUT2D eigenvalue weighted by Gasteiger charge is 2.15. The molecule has 0 aromatic heterocycles. The Morgan fingerprint density at radius 1 is 1.18 bits per heavy atom.